The molecule has 112 valence electrons. The molecule has 0 aromatic carbocycles. The van der Waals surface area contributed by atoms with Gasteiger partial charge >= 0.3 is 0 Å². The summed E-state index contributed by atoms with van der Waals surface area (Å²) >= 11 is 1.71. The van der Waals surface area contributed by atoms with Crippen molar-refractivity contribution < 1.29 is 4.79 Å². The number of thiophene rings is 1. The molecule has 0 radical (unpaired) electrons. The molecule has 0 saturated carbocycles. The minimum Gasteiger partial charge on any atom is -0.343 e. The average molecular weight is 303 g/mol. The Bertz CT molecular complexity index is 619. The first-order valence-corrected chi connectivity index (χ1v) is 8.46. The van der Waals surface area contributed by atoms with Crippen LogP contribution in [0.15, 0.2) is 23.7 Å². The lowest BCUT2D eigenvalue weighted by Crippen LogP contribution is -2.31. The monoisotopic (exact) mass is 303 g/mol. The zero-order valence-corrected chi connectivity index (χ0v) is 13.2. The number of pyridine rings is 1. The van der Waals surface area contributed by atoms with E-state index in [1.165, 1.54) is 10.3 Å². The van der Waals surface area contributed by atoms with Crippen LogP contribution < -0.4 is 5.32 Å². The minimum atomic E-state index is 0.218. The number of hydrogen-bond donors (Lipinski definition) is 1. The van der Waals surface area contributed by atoms with Crippen LogP contribution in [-0.2, 0) is 4.79 Å². The highest BCUT2D eigenvalue weighted by atomic mass is 32.1. The van der Waals surface area contributed by atoms with Crippen molar-refractivity contribution in [3.05, 3.63) is 29.3 Å². The Morgan fingerprint density at radius 3 is 3.10 bits per heavy atom. The number of likely N-dealkylation sites (tertiary alicyclic amines) is 1. The largest absolute Gasteiger partial charge is 0.343 e. The standard InChI is InChI=1S/C16H21N3OS/c1-12(13-10-15-14(18-11-13)5-9-21-15)17-6-4-16(20)19-7-2-3-8-19/h5,9-12,17H,2-4,6-8H2,1H3. The molecule has 1 atom stereocenters. The molecule has 0 spiro atoms. The van der Waals surface area contributed by atoms with Crippen LogP contribution in [0.3, 0.4) is 0 Å². The summed E-state index contributed by atoms with van der Waals surface area (Å²) < 4.78 is 1.22. The molecule has 0 bridgehead atoms. The van der Waals surface area contributed by atoms with Gasteiger partial charge in [0.2, 0.25) is 5.91 Å². The first-order valence-electron chi connectivity index (χ1n) is 7.58. The number of nitrogens with zero attached hydrogens (tertiary/aromatic N) is 2. The van der Waals surface area contributed by atoms with Gasteiger partial charge in [0.1, 0.15) is 0 Å². The highest BCUT2D eigenvalue weighted by Crippen LogP contribution is 2.22. The minimum absolute atomic E-state index is 0.218. The van der Waals surface area contributed by atoms with Gasteiger partial charge in [0.05, 0.1) is 10.2 Å². The fourth-order valence-corrected chi connectivity index (χ4v) is 3.53. The third kappa shape index (κ3) is 3.41. The smallest absolute Gasteiger partial charge is 0.223 e. The molecule has 21 heavy (non-hydrogen) atoms. The summed E-state index contributed by atoms with van der Waals surface area (Å²) in [4.78, 5) is 18.4. The van der Waals surface area contributed by atoms with E-state index in [2.05, 4.69) is 28.7 Å². The second-order valence-corrected chi connectivity index (χ2v) is 6.53. The lowest BCUT2D eigenvalue weighted by molar-refractivity contribution is -0.130. The second kappa shape index (κ2) is 6.54. The fourth-order valence-electron chi connectivity index (χ4n) is 2.74. The van der Waals surface area contributed by atoms with E-state index in [1.807, 2.05) is 17.2 Å². The van der Waals surface area contributed by atoms with E-state index in [0.717, 1.165) is 38.0 Å². The maximum Gasteiger partial charge on any atom is 0.223 e. The Kier molecular flexibility index (Phi) is 4.51. The normalized spacial score (nSPS) is 16.5. The Labute approximate surface area is 129 Å². The number of hydrogen-bond acceptors (Lipinski definition) is 4. The van der Waals surface area contributed by atoms with Gasteiger partial charge in [-0.25, -0.2) is 0 Å². The highest BCUT2D eigenvalue weighted by Gasteiger charge is 2.17. The van der Waals surface area contributed by atoms with Crippen LogP contribution >= 0.6 is 11.3 Å². The number of aromatic nitrogens is 1. The molecule has 1 aliphatic heterocycles. The van der Waals surface area contributed by atoms with Crippen LogP contribution in [0.2, 0.25) is 0 Å². The van der Waals surface area contributed by atoms with Gasteiger partial charge in [-0.2, -0.15) is 0 Å². The van der Waals surface area contributed by atoms with E-state index in [1.54, 1.807) is 11.3 Å². The lowest BCUT2D eigenvalue weighted by atomic mass is 10.1. The summed E-state index contributed by atoms with van der Waals surface area (Å²) in [5.41, 5.74) is 2.23. The van der Waals surface area contributed by atoms with Crippen molar-refractivity contribution in [1.82, 2.24) is 15.2 Å². The van der Waals surface area contributed by atoms with Crippen molar-refractivity contribution in [1.29, 1.82) is 0 Å². The van der Waals surface area contributed by atoms with Gasteiger partial charge in [0.15, 0.2) is 0 Å². The van der Waals surface area contributed by atoms with E-state index in [0.29, 0.717) is 6.42 Å². The maximum absolute atomic E-state index is 12.0. The molecular weight excluding hydrogens is 282 g/mol. The summed E-state index contributed by atoms with van der Waals surface area (Å²) in [5, 5.41) is 5.49. The highest BCUT2D eigenvalue weighted by molar-refractivity contribution is 7.17. The summed E-state index contributed by atoms with van der Waals surface area (Å²) in [6, 6.07) is 4.44. The molecule has 1 saturated heterocycles. The predicted octanol–water partition coefficient (Wildman–Crippen LogP) is 2.96. The molecule has 1 N–H and O–H groups in total. The van der Waals surface area contributed by atoms with Crippen molar-refractivity contribution in [3.8, 4) is 0 Å². The van der Waals surface area contributed by atoms with Crippen molar-refractivity contribution in [2.24, 2.45) is 0 Å². The van der Waals surface area contributed by atoms with Crippen molar-refractivity contribution in [2.45, 2.75) is 32.2 Å². The van der Waals surface area contributed by atoms with Crippen molar-refractivity contribution in [2.75, 3.05) is 19.6 Å². The molecule has 0 aliphatic carbocycles. The summed E-state index contributed by atoms with van der Waals surface area (Å²) in [6.45, 7) is 4.72. The van der Waals surface area contributed by atoms with Crippen molar-refractivity contribution >= 4 is 27.5 Å². The lowest BCUT2D eigenvalue weighted by Gasteiger charge is -2.17. The van der Waals surface area contributed by atoms with E-state index >= 15 is 0 Å². The molecule has 3 rings (SSSR count). The maximum atomic E-state index is 12.0. The molecule has 5 heteroatoms. The van der Waals surface area contributed by atoms with E-state index < -0.39 is 0 Å². The molecular formula is C16H21N3OS. The van der Waals surface area contributed by atoms with Gasteiger partial charge in [0.25, 0.3) is 0 Å². The van der Waals surface area contributed by atoms with Gasteiger partial charge in [-0.1, -0.05) is 0 Å². The van der Waals surface area contributed by atoms with Gasteiger partial charge in [-0.3, -0.25) is 9.78 Å². The number of fused-ring (bicyclic) bond motifs is 1. The van der Waals surface area contributed by atoms with Gasteiger partial charge in [-0.05, 0) is 42.8 Å². The average Bonchev–Trinajstić information content (AvgIpc) is 3.17. The van der Waals surface area contributed by atoms with E-state index in [4.69, 9.17) is 0 Å². The number of carbonyl (C=O) groups excluding carboxylic acids is 1. The third-order valence-electron chi connectivity index (χ3n) is 4.07. The summed E-state index contributed by atoms with van der Waals surface area (Å²) in [6.07, 6.45) is 4.82. The molecule has 3 heterocycles. The quantitative estimate of drug-likeness (QED) is 0.923. The molecule has 1 fully saturated rings. The van der Waals surface area contributed by atoms with Gasteiger partial charge in [0, 0.05) is 38.3 Å². The fraction of sp³-hybridized carbons (Fsp3) is 0.500. The zero-order valence-electron chi connectivity index (χ0n) is 12.3. The number of rotatable bonds is 5. The van der Waals surface area contributed by atoms with Crippen LogP contribution in [0.4, 0.5) is 0 Å². The second-order valence-electron chi connectivity index (χ2n) is 5.59. The number of nitrogens with one attached hydrogen (secondary N) is 1. The van der Waals surface area contributed by atoms with Crippen molar-refractivity contribution in [3.63, 3.8) is 0 Å². The molecule has 1 aliphatic rings. The van der Waals surface area contributed by atoms with Crippen LogP contribution in [-0.4, -0.2) is 35.4 Å². The summed E-state index contributed by atoms with van der Waals surface area (Å²) in [5.74, 6) is 0.277. The SMILES string of the molecule is CC(NCCC(=O)N1CCCC1)c1cnc2ccsc2c1. The third-order valence-corrected chi connectivity index (χ3v) is 4.93. The molecule has 1 amide bonds. The van der Waals surface area contributed by atoms with Gasteiger partial charge in [-0.15, -0.1) is 11.3 Å². The molecule has 4 nitrogen and oxygen atoms in total. The number of carbonyl (C=O) groups is 1. The molecule has 1 unspecified atom stereocenters. The number of amides is 1. The van der Waals surface area contributed by atoms with Crippen LogP contribution in [0.1, 0.15) is 37.8 Å². The summed E-state index contributed by atoms with van der Waals surface area (Å²) in [7, 11) is 0. The van der Waals surface area contributed by atoms with Crippen LogP contribution in [0, 0.1) is 0 Å². The topological polar surface area (TPSA) is 45.2 Å². The van der Waals surface area contributed by atoms with E-state index in [9.17, 15) is 4.79 Å². The first-order chi connectivity index (χ1) is 10.2. The first kappa shape index (κ1) is 14.5. The Morgan fingerprint density at radius 2 is 2.29 bits per heavy atom. The van der Waals surface area contributed by atoms with Crippen LogP contribution in [0.5, 0.6) is 0 Å². The molecule has 2 aromatic heterocycles. The Morgan fingerprint density at radius 1 is 1.48 bits per heavy atom. The Balaban J connectivity index is 1.51. The Hall–Kier alpha value is -1.46. The zero-order chi connectivity index (χ0) is 14.7. The predicted molar refractivity (Wildman–Crippen MR) is 86.5 cm³/mol. The molecule has 2 aromatic rings. The van der Waals surface area contributed by atoms with Crippen LogP contribution in [0.25, 0.3) is 10.2 Å². The van der Waals surface area contributed by atoms with Gasteiger partial charge < -0.3 is 10.2 Å². The van der Waals surface area contributed by atoms with E-state index in [-0.39, 0.29) is 11.9 Å².